The number of carbonyl (C=O) groups is 1. The van der Waals surface area contributed by atoms with Crippen LogP contribution in [0.2, 0.25) is 0 Å². The summed E-state index contributed by atoms with van der Waals surface area (Å²) in [6.45, 7) is 0. The molecular formula is C8H6I2O3. The van der Waals surface area contributed by atoms with Crippen LogP contribution in [0.15, 0.2) is 12.1 Å². The first-order valence-corrected chi connectivity index (χ1v) is 5.55. The molecule has 0 aliphatic carbocycles. The number of rotatable bonds is 2. The second kappa shape index (κ2) is 4.45. The zero-order valence-electron chi connectivity index (χ0n) is 6.42. The molecule has 0 amide bonds. The van der Waals surface area contributed by atoms with E-state index in [1.807, 2.05) is 22.6 Å². The van der Waals surface area contributed by atoms with E-state index in [4.69, 9.17) is 5.11 Å². The zero-order chi connectivity index (χ0) is 10.0. The second-order valence-electron chi connectivity index (χ2n) is 2.48. The van der Waals surface area contributed by atoms with Crippen molar-refractivity contribution < 1.29 is 15.0 Å². The smallest absolute Gasteiger partial charge is 0.307 e. The Morgan fingerprint density at radius 3 is 2.46 bits per heavy atom. The molecule has 0 unspecified atom stereocenters. The molecule has 0 saturated heterocycles. The fourth-order valence-corrected chi connectivity index (χ4v) is 1.89. The van der Waals surface area contributed by atoms with E-state index >= 15 is 0 Å². The second-order valence-corrected chi connectivity index (χ2v) is 4.72. The predicted octanol–water partition coefficient (Wildman–Crippen LogP) is 2.23. The Bertz CT molecular complexity index is 326. The fraction of sp³-hybridized carbons (Fsp3) is 0.125. The van der Waals surface area contributed by atoms with Gasteiger partial charge in [0.25, 0.3) is 0 Å². The van der Waals surface area contributed by atoms with Gasteiger partial charge in [-0.05, 0) is 62.9 Å². The monoisotopic (exact) mass is 404 g/mol. The van der Waals surface area contributed by atoms with Crippen molar-refractivity contribution in [3.05, 3.63) is 24.8 Å². The number of carboxylic acids is 1. The lowest BCUT2D eigenvalue weighted by atomic mass is 10.1. The Morgan fingerprint density at radius 2 is 2.00 bits per heavy atom. The number of phenols is 1. The Kier molecular flexibility index (Phi) is 3.77. The summed E-state index contributed by atoms with van der Waals surface area (Å²) in [5.41, 5.74) is 0.620. The normalized spacial score (nSPS) is 10.0. The number of aliphatic carboxylic acids is 1. The van der Waals surface area contributed by atoms with Crippen molar-refractivity contribution in [3.8, 4) is 5.75 Å². The van der Waals surface area contributed by atoms with Crippen molar-refractivity contribution >= 4 is 51.2 Å². The minimum Gasteiger partial charge on any atom is -0.507 e. The van der Waals surface area contributed by atoms with Gasteiger partial charge < -0.3 is 10.2 Å². The lowest BCUT2D eigenvalue weighted by molar-refractivity contribution is -0.136. The standard InChI is InChI=1S/C8H6I2O3/c9-5-1-4(3-7(12)13)2-6(11)8(5)10/h1-2,11H,3H2,(H,12,13). The molecule has 13 heavy (non-hydrogen) atoms. The van der Waals surface area contributed by atoms with Crippen molar-refractivity contribution in [2.45, 2.75) is 6.42 Å². The van der Waals surface area contributed by atoms with Crippen LogP contribution in [0.25, 0.3) is 0 Å². The van der Waals surface area contributed by atoms with Gasteiger partial charge in [-0.1, -0.05) is 0 Å². The summed E-state index contributed by atoms with van der Waals surface area (Å²) in [6, 6.07) is 3.24. The number of hydrogen-bond acceptors (Lipinski definition) is 2. The van der Waals surface area contributed by atoms with Gasteiger partial charge in [-0.25, -0.2) is 0 Å². The lowest BCUT2D eigenvalue weighted by Gasteiger charge is -2.03. The van der Waals surface area contributed by atoms with E-state index in [0.29, 0.717) is 5.56 Å². The van der Waals surface area contributed by atoms with Crippen molar-refractivity contribution in [1.29, 1.82) is 0 Å². The van der Waals surface area contributed by atoms with E-state index in [9.17, 15) is 9.90 Å². The number of phenolic OH excluding ortho intramolecular Hbond substituents is 1. The van der Waals surface area contributed by atoms with Crippen molar-refractivity contribution in [2.24, 2.45) is 0 Å². The minimum absolute atomic E-state index is 0.0551. The van der Waals surface area contributed by atoms with Gasteiger partial charge in [0.05, 0.1) is 9.99 Å². The maximum Gasteiger partial charge on any atom is 0.307 e. The Hall–Kier alpha value is -0.0500. The molecule has 0 fully saturated rings. The summed E-state index contributed by atoms with van der Waals surface area (Å²) in [7, 11) is 0. The average Bonchev–Trinajstić information content (AvgIpc) is 1.98. The van der Waals surface area contributed by atoms with E-state index in [1.54, 1.807) is 6.07 Å². The molecule has 0 radical (unpaired) electrons. The highest BCUT2D eigenvalue weighted by Crippen LogP contribution is 2.26. The van der Waals surface area contributed by atoms with Gasteiger partial charge in [-0.15, -0.1) is 0 Å². The third-order valence-corrected chi connectivity index (χ3v) is 4.44. The molecule has 0 aromatic heterocycles. The predicted molar refractivity (Wildman–Crippen MR) is 64.9 cm³/mol. The highest BCUT2D eigenvalue weighted by molar-refractivity contribution is 14.1. The molecule has 1 aromatic rings. The number of carboxylic acid groups (broad SMARTS) is 1. The number of aromatic hydroxyl groups is 1. The van der Waals surface area contributed by atoms with Crippen LogP contribution in [0.5, 0.6) is 5.75 Å². The topological polar surface area (TPSA) is 57.5 Å². The molecule has 3 nitrogen and oxygen atoms in total. The van der Waals surface area contributed by atoms with Crippen LogP contribution in [0, 0.1) is 7.14 Å². The van der Waals surface area contributed by atoms with E-state index in [2.05, 4.69) is 22.6 Å². The van der Waals surface area contributed by atoms with Crippen LogP contribution < -0.4 is 0 Å². The van der Waals surface area contributed by atoms with Gasteiger partial charge in [0.15, 0.2) is 0 Å². The lowest BCUT2D eigenvalue weighted by Crippen LogP contribution is -2.00. The first kappa shape index (κ1) is 11.0. The summed E-state index contributed by atoms with van der Waals surface area (Å²) in [6.07, 6.45) is -0.0551. The van der Waals surface area contributed by atoms with Crippen molar-refractivity contribution in [1.82, 2.24) is 0 Å². The van der Waals surface area contributed by atoms with Crippen LogP contribution >= 0.6 is 45.2 Å². The summed E-state index contributed by atoms with van der Waals surface area (Å²) in [4.78, 5) is 10.4. The molecule has 0 bridgehead atoms. The Balaban J connectivity index is 3.06. The molecule has 0 heterocycles. The van der Waals surface area contributed by atoms with E-state index < -0.39 is 5.97 Å². The first-order valence-electron chi connectivity index (χ1n) is 3.39. The Labute approximate surface area is 102 Å². The molecule has 1 aromatic carbocycles. The van der Waals surface area contributed by atoms with Gasteiger partial charge in [0.2, 0.25) is 0 Å². The van der Waals surface area contributed by atoms with Crippen LogP contribution in [0.4, 0.5) is 0 Å². The molecule has 5 heteroatoms. The summed E-state index contributed by atoms with van der Waals surface area (Å²) in [5, 5.41) is 17.9. The number of halogens is 2. The molecular weight excluding hydrogens is 398 g/mol. The third-order valence-electron chi connectivity index (χ3n) is 1.42. The largest absolute Gasteiger partial charge is 0.507 e. The quantitative estimate of drug-likeness (QED) is 0.744. The zero-order valence-corrected chi connectivity index (χ0v) is 10.7. The molecule has 0 spiro atoms. The summed E-state index contributed by atoms with van der Waals surface area (Å²) < 4.78 is 1.63. The molecule has 0 atom stereocenters. The van der Waals surface area contributed by atoms with Crippen LogP contribution in [0.1, 0.15) is 5.56 Å². The van der Waals surface area contributed by atoms with Crippen LogP contribution in [-0.2, 0) is 11.2 Å². The van der Waals surface area contributed by atoms with Gasteiger partial charge in [0.1, 0.15) is 5.75 Å². The SMILES string of the molecule is O=C(O)Cc1cc(O)c(I)c(I)c1. The molecule has 2 N–H and O–H groups in total. The van der Waals surface area contributed by atoms with Gasteiger partial charge in [-0.2, -0.15) is 0 Å². The summed E-state index contributed by atoms with van der Waals surface area (Å²) in [5.74, 6) is -0.750. The van der Waals surface area contributed by atoms with Gasteiger partial charge in [-0.3, -0.25) is 4.79 Å². The fourth-order valence-electron chi connectivity index (χ4n) is 0.906. The third kappa shape index (κ3) is 2.97. The molecule has 70 valence electrons. The van der Waals surface area contributed by atoms with Gasteiger partial charge >= 0.3 is 5.97 Å². The Morgan fingerprint density at radius 1 is 1.38 bits per heavy atom. The minimum atomic E-state index is -0.892. The van der Waals surface area contributed by atoms with Crippen LogP contribution in [-0.4, -0.2) is 16.2 Å². The first-order chi connectivity index (χ1) is 6.00. The molecule has 1 rings (SSSR count). The summed E-state index contributed by atoms with van der Waals surface area (Å²) >= 11 is 4.08. The van der Waals surface area contributed by atoms with Crippen molar-refractivity contribution in [2.75, 3.05) is 0 Å². The average molecular weight is 404 g/mol. The van der Waals surface area contributed by atoms with E-state index in [0.717, 1.165) is 7.14 Å². The van der Waals surface area contributed by atoms with Gasteiger partial charge in [0, 0.05) is 3.57 Å². The maximum atomic E-state index is 10.4. The highest BCUT2D eigenvalue weighted by atomic mass is 127. The number of hydrogen-bond donors (Lipinski definition) is 2. The highest BCUT2D eigenvalue weighted by Gasteiger charge is 2.07. The molecule has 0 aliphatic heterocycles. The maximum absolute atomic E-state index is 10.4. The number of benzene rings is 1. The molecule has 0 saturated carbocycles. The van der Waals surface area contributed by atoms with E-state index in [1.165, 1.54) is 6.07 Å². The molecule has 0 aliphatic rings. The van der Waals surface area contributed by atoms with E-state index in [-0.39, 0.29) is 12.2 Å². The van der Waals surface area contributed by atoms with Crippen molar-refractivity contribution in [3.63, 3.8) is 0 Å². The van der Waals surface area contributed by atoms with Crippen LogP contribution in [0.3, 0.4) is 0 Å².